The monoisotopic (exact) mass is 240 g/mol. The van der Waals surface area contributed by atoms with Crippen LogP contribution in [-0.4, -0.2) is 20.3 Å². The Morgan fingerprint density at radius 1 is 1.17 bits per heavy atom. The molecule has 5 nitrogen and oxygen atoms in total. The van der Waals surface area contributed by atoms with Crippen LogP contribution in [0.4, 0.5) is 5.69 Å². The van der Waals surface area contributed by atoms with Crippen molar-refractivity contribution in [1.82, 2.24) is 15.2 Å². The third-order valence-corrected chi connectivity index (χ3v) is 2.75. The van der Waals surface area contributed by atoms with E-state index >= 15 is 0 Å². The number of nitrogens with zero attached hydrogens (tertiary/aromatic N) is 2. The van der Waals surface area contributed by atoms with Crippen LogP contribution in [0.1, 0.15) is 5.69 Å². The van der Waals surface area contributed by atoms with E-state index in [1.54, 1.807) is 18.3 Å². The fraction of sp³-hybridized carbons (Fsp3) is 0.0769. The first-order valence-corrected chi connectivity index (χ1v) is 5.63. The number of H-pyrrole nitrogens is 1. The molecule has 0 aliphatic rings. The van der Waals surface area contributed by atoms with E-state index in [0.29, 0.717) is 6.54 Å². The summed E-state index contributed by atoms with van der Waals surface area (Å²) < 4.78 is 0. The van der Waals surface area contributed by atoms with Crippen LogP contribution < -0.4 is 5.32 Å². The third kappa shape index (κ3) is 1.98. The number of fused-ring (bicyclic) bond motifs is 1. The summed E-state index contributed by atoms with van der Waals surface area (Å²) in [6, 6.07) is 9.36. The molecule has 3 rings (SSSR count). The zero-order valence-corrected chi connectivity index (χ0v) is 9.59. The van der Waals surface area contributed by atoms with Gasteiger partial charge >= 0.3 is 0 Å². The molecule has 0 bridgehead atoms. The number of aromatic amines is 1. The molecule has 0 aliphatic carbocycles. The van der Waals surface area contributed by atoms with Crippen molar-refractivity contribution in [2.24, 2.45) is 0 Å². The Bertz CT molecular complexity index is 660. The van der Waals surface area contributed by atoms with Crippen molar-refractivity contribution in [2.75, 3.05) is 5.32 Å². The number of benzene rings is 1. The van der Waals surface area contributed by atoms with Gasteiger partial charge in [0.2, 0.25) is 0 Å². The lowest BCUT2D eigenvalue weighted by molar-refractivity contribution is 0.472. The first-order chi connectivity index (χ1) is 8.83. The Hall–Kier alpha value is -2.56. The highest BCUT2D eigenvalue weighted by Gasteiger charge is 2.02. The van der Waals surface area contributed by atoms with Gasteiger partial charge in [0.1, 0.15) is 5.75 Å². The number of pyridine rings is 1. The maximum atomic E-state index is 9.16. The third-order valence-electron chi connectivity index (χ3n) is 2.75. The number of rotatable bonds is 3. The summed E-state index contributed by atoms with van der Waals surface area (Å²) in [5, 5.41) is 20.5. The molecule has 2 aromatic heterocycles. The van der Waals surface area contributed by atoms with Gasteiger partial charge in [-0.25, -0.2) is 0 Å². The van der Waals surface area contributed by atoms with Crippen molar-refractivity contribution in [1.29, 1.82) is 0 Å². The molecular weight excluding hydrogens is 228 g/mol. The molecule has 5 heteroatoms. The first kappa shape index (κ1) is 10.6. The van der Waals surface area contributed by atoms with Crippen LogP contribution >= 0.6 is 0 Å². The van der Waals surface area contributed by atoms with E-state index in [9.17, 15) is 0 Å². The summed E-state index contributed by atoms with van der Waals surface area (Å²) in [5.74, 6) is 0.177. The van der Waals surface area contributed by atoms with E-state index in [2.05, 4.69) is 20.5 Å². The molecule has 0 aliphatic heterocycles. The second-order valence-electron chi connectivity index (χ2n) is 4.00. The fourth-order valence-electron chi connectivity index (χ4n) is 1.83. The molecule has 0 atom stereocenters. The van der Waals surface area contributed by atoms with Crippen molar-refractivity contribution in [3.8, 4) is 5.75 Å². The van der Waals surface area contributed by atoms with Crippen molar-refractivity contribution in [3.63, 3.8) is 0 Å². The highest BCUT2D eigenvalue weighted by atomic mass is 16.3. The molecule has 0 fully saturated rings. The summed E-state index contributed by atoms with van der Waals surface area (Å²) in [7, 11) is 0. The molecule has 0 spiro atoms. The van der Waals surface area contributed by atoms with Gasteiger partial charge in [-0.15, -0.1) is 0 Å². The minimum atomic E-state index is 0.177. The SMILES string of the molecule is Oc1ccc(CNc2cccc3[nH]ncc23)nc1. The standard InChI is InChI=1S/C13H12N4O/c18-10-5-4-9(14-7-10)6-15-12-2-1-3-13-11(12)8-16-17-13/h1-5,7-8,15,18H,6H2,(H,16,17). The van der Waals surface area contributed by atoms with Crippen molar-refractivity contribution >= 4 is 16.6 Å². The molecule has 3 N–H and O–H groups in total. The number of anilines is 1. The molecule has 0 amide bonds. The van der Waals surface area contributed by atoms with E-state index in [-0.39, 0.29) is 5.75 Å². The number of hydrogen-bond donors (Lipinski definition) is 3. The molecule has 0 radical (unpaired) electrons. The summed E-state index contributed by atoms with van der Waals surface area (Å²) in [6.07, 6.45) is 3.23. The van der Waals surface area contributed by atoms with Crippen molar-refractivity contribution in [2.45, 2.75) is 6.54 Å². The Labute approximate surface area is 103 Å². The summed E-state index contributed by atoms with van der Waals surface area (Å²) in [4.78, 5) is 4.13. The predicted molar refractivity (Wildman–Crippen MR) is 69.3 cm³/mol. The number of aromatic hydroxyl groups is 1. The second kappa shape index (κ2) is 4.37. The maximum Gasteiger partial charge on any atom is 0.133 e. The summed E-state index contributed by atoms with van der Waals surface area (Å²) in [6.45, 7) is 0.602. The quantitative estimate of drug-likeness (QED) is 0.656. The van der Waals surface area contributed by atoms with E-state index in [1.807, 2.05) is 18.2 Å². The first-order valence-electron chi connectivity index (χ1n) is 5.63. The molecule has 0 unspecified atom stereocenters. The molecule has 18 heavy (non-hydrogen) atoms. The van der Waals surface area contributed by atoms with Crippen LogP contribution in [0.25, 0.3) is 10.9 Å². The number of nitrogens with one attached hydrogen (secondary N) is 2. The zero-order valence-electron chi connectivity index (χ0n) is 9.59. The summed E-state index contributed by atoms with van der Waals surface area (Å²) >= 11 is 0. The molecule has 0 saturated carbocycles. The normalized spacial score (nSPS) is 10.7. The van der Waals surface area contributed by atoms with E-state index < -0.39 is 0 Å². The van der Waals surface area contributed by atoms with Crippen LogP contribution in [0, 0.1) is 0 Å². The largest absolute Gasteiger partial charge is 0.506 e. The lowest BCUT2D eigenvalue weighted by Gasteiger charge is -2.06. The molecule has 0 saturated heterocycles. The van der Waals surface area contributed by atoms with E-state index in [0.717, 1.165) is 22.3 Å². The average molecular weight is 240 g/mol. The average Bonchev–Trinajstić information content (AvgIpc) is 2.87. The minimum absolute atomic E-state index is 0.177. The van der Waals surface area contributed by atoms with Gasteiger partial charge in [0, 0.05) is 11.1 Å². The van der Waals surface area contributed by atoms with Crippen molar-refractivity contribution in [3.05, 3.63) is 48.4 Å². The summed E-state index contributed by atoms with van der Waals surface area (Å²) in [5.41, 5.74) is 2.88. The van der Waals surface area contributed by atoms with Gasteiger partial charge in [-0.3, -0.25) is 10.1 Å². The topological polar surface area (TPSA) is 73.8 Å². The van der Waals surface area contributed by atoms with Gasteiger partial charge in [0.05, 0.1) is 30.1 Å². The maximum absolute atomic E-state index is 9.16. The lowest BCUT2D eigenvalue weighted by Crippen LogP contribution is -2.01. The zero-order chi connectivity index (χ0) is 12.4. The highest BCUT2D eigenvalue weighted by Crippen LogP contribution is 2.21. The smallest absolute Gasteiger partial charge is 0.133 e. The van der Waals surface area contributed by atoms with Crippen LogP contribution in [0.2, 0.25) is 0 Å². The van der Waals surface area contributed by atoms with Crippen LogP contribution in [0.15, 0.2) is 42.7 Å². The molecule has 2 heterocycles. The van der Waals surface area contributed by atoms with Gasteiger partial charge in [-0.05, 0) is 24.3 Å². The number of aromatic nitrogens is 3. The highest BCUT2D eigenvalue weighted by molar-refractivity contribution is 5.90. The van der Waals surface area contributed by atoms with Gasteiger partial charge in [-0.2, -0.15) is 5.10 Å². The van der Waals surface area contributed by atoms with Crippen molar-refractivity contribution < 1.29 is 5.11 Å². The van der Waals surface area contributed by atoms with Gasteiger partial charge < -0.3 is 10.4 Å². The lowest BCUT2D eigenvalue weighted by atomic mass is 10.2. The Balaban J connectivity index is 1.80. The van der Waals surface area contributed by atoms with Gasteiger partial charge in [-0.1, -0.05) is 6.07 Å². The van der Waals surface area contributed by atoms with Crippen LogP contribution in [0.5, 0.6) is 5.75 Å². The van der Waals surface area contributed by atoms with Crippen LogP contribution in [0.3, 0.4) is 0 Å². The second-order valence-corrected chi connectivity index (χ2v) is 4.00. The van der Waals surface area contributed by atoms with E-state index in [1.165, 1.54) is 6.20 Å². The Kier molecular flexibility index (Phi) is 2.57. The minimum Gasteiger partial charge on any atom is -0.506 e. The molecule has 90 valence electrons. The molecular formula is C13H12N4O. The Morgan fingerprint density at radius 3 is 2.94 bits per heavy atom. The van der Waals surface area contributed by atoms with Gasteiger partial charge in [0.25, 0.3) is 0 Å². The fourth-order valence-corrected chi connectivity index (χ4v) is 1.83. The molecule has 3 aromatic rings. The van der Waals surface area contributed by atoms with E-state index in [4.69, 9.17) is 5.11 Å². The van der Waals surface area contributed by atoms with Crippen LogP contribution in [-0.2, 0) is 6.54 Å². The van der Waals surface area contributed by atoms with Gasteiger partial charge in [0.15, 0.2) is 0 Å². The predicted octanol–water partition coefficient (Wildman–Crippen LogP) is 2.28. The molecule has 1 aromatic carbocycles. The Morgan fingerprint density at radius 2 is 2.11 bits per heavy atom. The number of hydrogen-bond acceptors (Lipinski definition) is 4.